The van der Waals surface area contributed by atoms with E-state index in [9.17, 15) is 0 Å². The number of aromatic nitrogens is 1. The van der Waals surface area contributed by atoms with Crippen molar-refractivity contribution in [2.24, 2.45) is 5.73 Å². The first-order valence-corrected chi connectivity index (χ1v) is 8.72. The Morgan fingerprint density at radius 3 is 2.60 bits per heavy atom. The number of nitrogens with one attached hydrogen (secondary N) is 3. The molecule has 0 aliphatic carbocycles. The highest BCUT2D eigenvalue weighted by Crippen LogP contribution is 2.26. The first-order chi connectivity index (χ1) is 12.1. The molecule has 132 valence electrons. The number of anilines is 1. The van der Waals surface area contributed by atoms with Crippen molar-refractivity contribution in [1.29, 1.82) is 5.41 Å². The molecule has 0 spiro atoms. The van der Waals surface area contributed by atoms with Crippen molar-refractivity contribution in [3.05, 3.63) is 53.5 Å². The molecule has 0 saturated carbocycles. The number of likely N-dealkylation sites (tertiary alicyclic amines) is 1. The maximum atomic E-state index is 7.95. The summed E-state index contributed by atoms with van der Waals surface area (Å²) in [6.07, 6.45) is 2.60. The topological polar surface area (TPSA) is 91.3 Å². The van der Waals surface area contributed by atoms with Crippen LogP contribution in [0.1, 0.15) is 18.4 Å². The van der Waals surface area contributed by atoms with E-state index in [1.165, 1.54) is 25.9 Å². The molecule has 1 atom stereocenters. The first-order valence-electron chi connectivity index (χ1n) is 8.72. The van der Waals surface area contributed by atoms with Crippen LogP contribution in [-0.4, -0.2) is 35.8 Å². The zero-order valence-electron chi connectivity index (χ0n) is 14.2. The highest BCUT2D eigenvalue weighted by molar-refractivity contribution is 5.49. The predicted molar refractivity (Wildman–Crippen MR) is 96.7 cm³/mol. The molecule has 2 aliphatic heterocycles. The minimum atomic E-state index is -0.946. The molecule has 7 heteroatoms. The highest BCUT2D eigenvalue weighted by Gasteiger charge is 2.34. The molecule has 0 radical (unpaired) electrons. The van der Waals surface area contributed by atoms with Crippen LogP contribution in [0.15, 0.2) is 42.5 Å². The Morgan fingerprint density at radius 1 is 1.12 bits per heavy atom. The van der Waals surface area contributed by atoms with Gasteiger partial charge in [-0.25, -0.2) is 4.68 Å². The molecule has 25 heavy (non-hydrogen) atoms. The lowest BCUT2D eigenvalue weighted by atomic mass is 10.1. The van der Waals surface area contributed by atoms with Gasteiger partial charge in [0.05, 0.1) is 0 Å². The largest absolute Gasteiger partial charge is 0.492 e. The van der Waals surface area contributed by atoms with E-state index in [1.54, 1.807) is 10.7 Å². The van der Waals surface area contributed by atoms with Gasteiger partial charge in [0.25, 0.3) is 0 Å². The van der Waals surface area contributed by atoms with E-state index < -0.39 is 5.79 Å². The molecule has 2 aromatic rings. The summed E-state index contributed by atoms with van der Waals surface area (Å²) in [6, 6.07) is 13.2. The fourth-order valence-electron chi connectivity index (χ4n) is 3.38. The summed E-state index contributed by atoms with van der Waals surface area (Å²) >= 11 is 0. The molecule has 7 nitrogen and oxygen atoms in total. The maximum absolute atomic E-state index is 7.95. The molecule has 1 unspecified atom stereocenters. The molecule has 1 aromatic carbocycles. The number of fused-ring (bicyclic) bond motifs is 1. The minimum Gasteiger partial charge on any atom is -0.492 e. The van der Waals surface area contributed by atoms with E-state index in [1.807, 2.05) is 36.4 Å². The summed E-state index contributed by atoms with van der Waals surface area (Å²) in [6.45, 7) is 4.05. The van der Waals surface area contributed by atoms with Crippen molar-refractivity contribution in [2.45, 2.75) is 18.6 Å². The van der Waals surface area contributed by atoms with Crippen LogP contribution in [0.5, 0.6) is 5.75 Å². The second kappa shape index (κ2) is 6.42. The fraction of sp³-hybridized carbons (Fsp3) is 0.389. The first kappa shape index (κ1) is 16.0. The third-order valence-electron chi connectivity index (χ3n) is 4.79. The van der Waals surface area contributed by atoms with Crippen molar-refractivity contribution < 1.29 is 4.74 Å². The smallest absolute Gasteiger partial charge is 0.204 e. The summed E-state index contributed by atoms with van der Waals surface area (Å²) < 4.78 is 7.48. The molecule has 0 amide bonds. The fourth-order valence-corrected chi connectivity index (χ4v) is 3.38. The zero-order valence-corrected chi connectivity index (χ0v) is 14.2. The lowest BCUT2D eigenvalue weighted by molar-refractivity contribution is 0.237. The monoisotopic (exact) mass is 340 g/mol. The van der Waals surface area contributed by atoms with Gasteiger partial charge in [-0.1, -0.05) is 6.07 Å². The molecule has 2 aliphatic rings. The van der Waals surface area contributed by atoms with Crippen molar-refractivity contribution in [3.63, 3.8) is 0 Å². The lowest BCUT2D eigenvalue weighted by Crippen LogP contribution is -2.50. The van der Waals surface area contributed by atoms with Gasteiger partial charge in [-0.3, -0.25) is 21.5 Å². The van der Waals surface area contributed by atoms with Gasteiger partial charge < -0.3 is 10.1 Å². The zero-order chi connectivity index (χ0) is 17.3. The Kier molecular flexibility index (Phi) is 4.10. The Balaban J connectivity index is 1.40. The Labute approximate surface area is 146 Å². The Bertz CT molecular complexity index is 796. The van der Waals surface area contributed by atoms with Crippen molar-refractivity contribution in [3.8, 4) is 5.75 Å². The molecular formula is C18H24N6O. The average Bonchev–Trinajstić information content (AvgIpc) is 3.24. The number of benzene rings is 1. The molecule has 1 fully saturated rings. The molecule has 1 aromatic heterocycles. The van der Waals surface area contributed by atoms with Gasteiger partial charge in [-0.15, -0.1) is 0 Å². The van der Waals surface area contributed by atoms with Crippen molar-refractivity contribution in [1.82, 2.24) is 9.58 Å². The van der Waals surface area contributed by atoms with E-state index in [0.29, 0.717) is 12.1 Å². The number of pyridine rings is 1. The lowest BCUT2D eigenvalue weighted by Gasteiger charge is -2.25. The molecule has 5 N–H and O–H groups in total. The van der Waals surface area contributed by atoms with Gasteiger partial charge in [0, 0.05) is 12.1 Å². The van der Waals surface area contributed by atoms with Crippen molar-refractivity contribution >= 4 is 5.82 Å². The number of hydrogen-bond donors (Lipinski definition) is 4. The molecule has 3 heterocycles. The van der Waals surface area contributed by atoms with Crippen LogP contribution in [0, 0.1) is 5.41 Å². The number of nitrogens with zero attached hydrogens (tertiary/aromatic N) is 2. The highest BCUT2D eigenvalue weighted by atomic mass is 16.5. The summed E-state index contributed by atoms with van der Waals surface area (Å²) in [5.41, 5.74) is 10.8. The minimum absolute atomic E-state index is 0.346. The van der Waals surface area contributed by atoms with Gasteiger partial charge >= 0.3 is 0 Å². The third-order valence-corrected chi connectivity index (χ3v) is 4.79. The van der Waals surface area contributed by atoms with Crippen LogP contribution < -0.4 is 26.7 Å². The van der Waals surface area contributed by atoms with Crippen LogP contribution in [-0.2, 0) is 5.79 Å². The van der Waals surface area contributed by atoms with E-state index in [4.69, 9.17) is 15.9 Å². The van der Waals surface area contributed by atoms with E-state index >= 15 is 0 Å². The van der Waals surface area contributed by atoms with E-state index in [0.717, 1.165) is 23.7 Å². The summed E-state index contributed by atoms with van der Waals surface area (Å²) in [5.74, 6) is 0.662. The SMILES string of the molecule is N=c1cccc2n1NC(N)(c1ccc(OCCN3CCCC3)cc1)N2. The molecule has 0 bridgehead atoms. The Morgan fingerprint density at radius 2 is 1.88 bits per heavy atom. The maximum Gasteiger partial charge on any atom is 0.204 e. The van der Waals surface area contributed by atoms with Gasteiger partial charge in [-0.2, -0.15) is 0 Å². The number of rotatable bonds is 5. The Hall–Kier alpha value is -2.51. The summed E-state index contributed by atoms with van der Waals surface area (Å²) in [5, 5.41) is 11.2. The van der Waals surface area contributed by atoms with Crippen LogP contribution in [0.2, 0.25) is 0 Å². The van der Waals surface area contributed by atoms with Crippen molar-refractivity contribution in [2.75, 3.05) is 37.0 Å². The summed E-state index contributed by atoms with van der Waals surface area (Å²) in [7, 11) is 0. The van der Waals surface area contributed by atoms with Gasteiger partial charge in [0.2, 0.25) is 5.79 Å². The number of nitrogens with two attached hydrogens (primary N) is 1. The third kappa shape index (κ3) is 3.20. The average molecular weight is 340 g/mol. The quantitative estimate of drug-likeness (QED) is 0.656. The second-order valence-electron chi connectivity index (χ2n) is 6.60. The van der Waals surface area contributed by atoms with E-state index in [-0.39, 0.29) is 0 Å². The molecule has 4 rings (SSSR count). The summed E-state index contributed by atoms with van der Waals surface area (Å²) in [4.78, 5) is 2.43. The van der Waals surface area contributed by atoms with Gasteiger partial charge in [-0.05, 0) is 62.3 Å². The second-order valence-corrected chi connectivity index (χ2v) is 6.60. The van der Waals surface area contributed by atoms with E-state index in [2.05, 4.69) is 15.6 Å². The van der Waals surface area contributed by atoms with Gasteiger partial charge in [0.1, 0.15) is 23.7 Å². The van der Waals surface area contributed by atoms with Gasteiger partial charge in [0.15, 0.2) is 0 Å². The molecular weight excluding hydrogens is 316 g/mol. The van der Waals surface area contributed by atoms with Crippen LogP contribution in [0.3, 0.4) is 0 Å². The van der Waals surface area contributed by atoms with Crippen LogP contribution in [0.4, 0.5) is 5.82 Å². The van der Waals surface area contributed by atoms with Crippen LogP contribution in [0.25, 0.3) is 0 Å². The number of ether oxygens (including phenoxy) is 1. The predicted octanol–water partition coefficient (Wildman–Crippen LogP) is 1.18. The van der Waals surface area contributed by atoms with Crippen LogP contribution >= 0.6 is 0 Å². The standard InChI is InChI=1S/C18H24N6O/c19-16-4-3-5-17-21-18(20,22-24(16)17)14-6-8-15(9-7-14)25-13-12-23-10-1-2-11-23/h3-9,19,21-22H,1-2,10-13,20H2. The number of hydrogen-bond acceptors (Lipinski definition) is 6. The normalized spacial score (nSPS) is 22.3. The molecule has 1 saturated heterocycles.